The summed E-state index contributed by atoms with van der Waals surface area (Å²) in [7, 11) is 0. The fraction of sp³-hybridized carbons (Fsp3) is 0.538. The van der Waals surface area contributed by atoms with Crippen LogP contribution in [0.3, 0.4) is 0 Å². The molecule has 1 aliphatic carbocycles. The fourth-order valence-corrected chi connectivity index (χ4v) is 2.15. The SMILES string of the molecule is CCc1oc(C(=O)NC2(C)CCC2)cc1C(=O)O. The van der Waals surface area contributed by atoms with Crippen LogP contribution in [0.1, 0.15) is 59.8 Å². The second-order valence-corrected chi connectivity index (χ2v) is 4.97. The van der Waals surface area contributed by atoms with Crippen LogP contribution in [0.5, 0.6) is 0 Å². The number of aromatic carboxylic acids is 1. The fourth-order valence-electron chi connectivity index (χ4n) is 2.15. The van der Waals surface area contributed by atoms with Crippen molar-refractivity contribution in [2.75, 3.05) is 0 Å². The molecule has 2 N–H and O–H groups in total. The Labute approximate surface area is 105 Å². The van der Waals surface area contributed by atoms with Gasteiger partial charge in [0.15, 0.2) is 5.76 Å². The van der Waals surface area contributed by atoms with Crippen LogP contribution in [0.15, 0.2) is 10.5 Å². The van der Waals surface area contributed by atoms with Gasteiger partial charge in [-0.25, -0.2) is 4.79 Å². The predicted octanol–water partition coefficient (Wildman–Crippen LogP) is 2.21. The van der Waals surface area contributed by atoms with Gasteiger partial charge in [-0.3, -0.25) is 4.79 Å². The van der Waals surface area contributed by atoms with Gasteiger partial charge >= 0.3 is 5.97 Å². The van der Waals surface area contributed by atoms with Crippen molar-refractivity contribution in [3.63, 3.8) is 0 Å². The number of nitrogens with one attached hydrogen (secondary N) is 1. The number of carbonyl (C=O) groups is 2. The zero-order chi connectivity index (χ0) is 13.3. The van der Waals surface area contributed by atoms with Crippen molar-refractivity contribution in [2.24, 2.45) is 0 Å². The van der Waals surface area contributed by atoms with Crippen LogP contribution >= 0.6 is 0 Å². The van der Waals surface area contributed by atoms with Crippen LogP contribution in [-0.2, 0) is 6.42 Å². The first-order valence-electron chi connectivity index (χ1n) is 6.14. The lowest BCUT2D eigenvalue weighted by molar-refractivity contribution is 0.0693. The second-order valence-electron chi connectivity index (χ2n) is 4.97. The largest absolute Gasteiger partial charge is 0.478 e. The molecule has 1 heterocycles. The van der Waals surface area contributed by atoms with Gasteiger partial charge in [-0.1, -0.05) is 6.92 Å². The van der Waals surface area contributed by atoms with Crippen molar-refractivity contribution in [1.82, 2.24) is 5.32 Å². The molecule has 0 aromatic carbocycles. The monoisotopic (exact) mass is 251 g/mol. The summed E-state index contributed by atoms with van der Waals surface area (Å²) < 4.78 is 5.31. The van der Waals surface area contributed by atoms with Crippen LogP contribution in [0.25, 0.3) is 0 Å². The van der Waals surface area contributed by atoms with Crippen molar-refractivity contribution in [2.45, 2.75) is 45.1 Å². The summed E-state index contributed by atoms with van der Waals surface area (Å²) >= 11 is 0. The van der Waals surface area contributed by atoms with Crippen molar-refractivity contribution in [1.29, 1.82) is 0 Å². The molecule has 98 valence electrons. The molecule has 0 bridgehead atoms. The number of carbonyl (C=O) groups excluding carboxylic acids is 1. The van der Waals surface area contributed by atoms with Crippen molar-refractivity contribution >= 4 is 11.9 Å². The average Bonchev–Trinajstić information content (AvgIpc) is 2.70. The Bertz CT molecular complexity index is 485. The summed E-state index contributed by atoms with van der Waals surface area (Å²) in [5.41, 5.74) is -0.0963. The Balaban J connectivity index is 2.17. The molecule has 1 amide bonds. The van der Waals surface area contributed by atoms with Gasteiger partial charge in [-0.05, 0) is 26.2 Å². The van der Waals surface area contributed by atoms with Gasteiger partial charge < -0.3 is 14.8 Å². The number of furan rings is 1. The molecule has 18 heavy (non-hydrogen) atoms. The molecule has 1 fully saturated rings. The third-order valence-electron chi connectivity index (χ3n) is 3.46. The van der Waals surface area contributed by atoms with E-state index in [1.165, 1.54) is 6.07 Å². The Morgan fingerprint density at radius 1 is 1.50 bits per heavy atom. The maximum Gasteiger partial charge on any atom is 0.339 e. The van der Waals surface area contributed by atoms with Crippen molar-refractivity contribution in [3.05, 3.63) is 23.2 Å². The van der Waals surface area contributed by atoms with Crippen molar-refractivity contribution in [3.8, 4) is 0 Å². The Kier molecular flexibility index (Phi) is 3.15. The minimum Gasteiger partial charge on any atom is -0.478 e. The minimum atomic E-state index is -1.07. The highest BCUT2D eigenvalue weighted by molar-refractivity contribution is 5.96. The van der Waals surface area contributed by atoms with E-state index in [2.05, 4.69) is 5.32 Å². The molecule has 5 nitrogen and oxygen atoms in total. The van der Waals surface area contributed by atoms with Gasteiger partial charge in [-0.2, -0.15) is 0 Å². The molecule has 1 aliphatic rings. The average molecular weight is 251 g/mol. The summed E-state index contributed by atoms with van der Waals surface area (Å²) in [5, 5.41) is 11.9. The normalized spacial score (nSPS) is 17.0. The van der Waals surface area contributed by atoms with Crippen LogP contribution in [0.2, 0.25) is 0 Å². The summed E-state index contributed by atoms with van der Waals surface area (Å²) in [4.78, 5) is 22.9. The molecule has 0 aliphatic heterocycles. The first-order chi connectivity index (χ1) is 8.45. The van der Waals surface area contributed by atoms with E-state index in [0.29, 0.717) is 12.2 Å². The van der Waals surface area contributed by atoms with Gasteiger partial charge in [0.1, 0.15) is 11.3 Å². The summed E-state index contributed by atoms with van der Waals surface area (Å²) in [6, 6.07) is 1.30. The van der Waals surface area contributed by atoms with E-state index >= 15 is 0 Å². The van der Waals surface area contributed by atoms with Crippen LogP contribution in [0.4, 0.5) is 0 Å². The number of aryl methyl sites for hydroxylation is 1. The maximum atomic E-state index is 12.0. The maximum absolute atomic E-state index is 12.0. The molecule has 1 saturated carbocycles. The Morgan fingerprint density at radius 2 is 2.17 bits per heavy atom. The van der Waals surface area contributed by atoms with Crippen LogP contribution in [-0.4, -0.2) is 22.5 Å². The zero-order valence-electron chi connectivity index (χ0n) is 10.6. The molecule has 2 rings (SSSR count). The highest BCUT2D eigenvalue weighted by atomic mass is 16.4. The Hall–Kier alpha value is -1.78. The van der Waals surface area contributed by atoms with Gasteiger partial charge in [-0.15, -0.1) is 0 Å². The summed E-state index contributed by atoms with van der Waals surface area (Å²) in [6.45, 7) is 3.77. The van der Waals surface area contributed by atoms with E-state index in [0.717, 1.165) is 19.3 Å². The van der Waals surface area contributed by atoms with Gasteiger partial charge in [0.2, 0.25) is 0 Å². The molecule has 0 unspecified atom stereocenters. The molecule has 0 spiro atoms. The summed E-state index contributed by atoms with van der Waals surface area (Å²) in [5.74, 6) is -0.979. The quantitative estimate of drug-likeness (QED) is 0.859. The predicted molar refractivity (Wildman–Crippen MR) is 64.8 cm³/mol. The lowest BCUT2D eigenvalue weighted by Crippen LogP contribution is -2.50. The molecule has 1 aromatic rings. The number of carboxylic acids is 1. The number of hydrogen-bond acceptors (Lipinski definition) is 3. The number of rotatable bonds is 4. The lowest BCUT2D eigenvalue weighted by atomic mass is 9.78. The number of hydrogen-bond donors (Lipinski definition) is 2. The first-order valence-corrected chi connectivity index (χ1v) is 6.14. The lowest BCUT2D eigenvalue weighted by Gasteiger charge is -2.38. The minimum absolute atomic E-state index is 0.0708. The van der Waals surface area contributed by atoms with Gasteiger partial charge in [0, 0.05) is 18.0 Å². The number of amides is 1. The summed E-state index contributed by atoms with van der Waals surface area (Å²) in [6.07, 6.45) is 3.46. The molecule has 1 aromatic heterocycles. The van der Waals surface area contributed by atoms with E-state index in [4.69, 9.17) is 9.52 Å². The smallest absolute Gasteiger partial charge is 0.339 e. The van der Waals surface area contributed by atoms with Crippen LogP contribution in [0, 0.1) is 0 Å². The van der Waals surface area contributed by atoms with Crippen LogP contribution < -0.4 is 5.32 Å². The molecule has 0 radical (unpaired) electrons. The number of carboxylic acid groups (broad SMARTS) is 1. The highest BCUT2D eigenvalue weighted by Crippen LogP contribution is 2.31. The second kappa shape index (κ2) is 4.48. The highest BCUT2D eigenvalue weighted by Gasteiger charge is 2.34. The molecule has 5 heteroatoms. The van der Waals surface area contributed by atoms with E-state index in [9.17, 15) is 9.59 Å². The third kappa shape index (κ3) is 2.25. The topological polar surface area (TPSA) is 79.5 Å². The van der Waals surface area contributed by atoms with Crippen molar-refractivity contribution < 1.29 is 19.1 Å². The van der Waals surface area contributed by atoms with Gasteiger partial charge in [0.25, 0.3) is 5.91 Å². The van der Waals surface area contributed by atoms with E-state index in [-0.39, 0.29) is 22.8 Å². The molecular weight excluding hydrogens is 234 g/mol. The molecule has 0 atom stereocenters. The Morgan fingerprint density at radius 3 is 2.56 bits per heavy atom. The van der Waals surface area contributed by atoms with E-state index in [1.54, 1.807) is 6.92 Å². The zero-order valence-corrected chi connectivity index (χ0v) is 10.6. The third-order valence-corrected chi connectivity index (χ3v) is 3.46. The molecular formula is C13H17NO4. The first kappa shape index (κ1) is 12.7. The van der Waals surface area contributed by atoms with E-state index in [1.807, 2.05) is 6.92 Å². The van der Waals surface area contributed by atoms with E-state index < -0.39 is 5.97 Å². The molecule has 0 saturated heterocycles. The van der Waals surface area contributed by atoms with Gasteiger partial charge in [0.05, 0.1) is 0 Å². The standard InChI is InChI=1S/C13H17NO4/c1-3-9-8(12(16)17)7-10(18-9)11(15)14-13(2)5-4-6-13/h7H,3-6H2,1-2H3,(H,14,15)(H,16,17).